The van der Waals surface area contributed by atoms with Crippen molar-refractivity contribution in [1.82, 2.24) is 0 Å². The molecule has 1 atom stereocenters. The maximum absolute atomic E-state index is 12.5. The first-order valence-electron chi connectivity index (χ1n) is 6.60. The number of carbonyl (C=O) groups excluding carboxylic acids is 1. The van der Waals surface area contributed by atoms with E-state index in [1.807, 2.05) is 6.92 Å². The van der Waals surface area contributed by atoms with E-state index in [4.69, 9.17) is 14.2 Å². The molecule has 0 spiro atoms. The van der Waals surface area contributed by atoms with Gasteiger partial charge in [-0.1, -0.05) is 6.92 Å². The molecule has 19 heavy (non-hydrogen) atoms. The molecule has 1 aliphatic rings. The van der Waals surface area contributed by atoms with Crippen molar-refractivity contribution in [2.75, 3.05) is 20.3 Å². The molecular weight excluding hydrogens is 244 g/mol. The highest BCUT2D eigenvalue weighted by Crippen LogP contribution is 2.32. The van der Waals surface area contributed by atoms with Gasteiger partial charge in [0.05, 0.1) is 13.2 Å². The van der Waals surface area contributed by atoms with Crippen LogP contribution in [0.2, 0.25) is 0 Å². The fourth-order valence-corrected chi connectivity index (χ4v) is 2.01. The molecule has 0 saturated heterocycles. The summed E-state index contributed by atoms with van der Waals surface area (Å²) in [6.07, 6.45) is 1.47. The van der Waals surface area contributed by atoms with Gasteiger partial charge in [0.1, 0.15) is 5.60 Å². The zero-order chi connectivity index (χ0) is 13.9. The third kappa shape index (κ3) is 2.73. The van der Waals surface area contributed by atoms with Crippen LogP contribution in [0, 0.1) is 0 Å². The number of ketones is 1. The number of hydrogen-bond acceptors (Lipinski definition) is 4. The summed E-state index contributed by atoms with van der Waals surface area (Å²) in [5, 5.41) is 0. The van der Waals surface area contributed by atoms with E-state index in [0.717, 1.165) is 6.42 Å². The second kappa shape index (κ2) is 5.61. The van der Waals surface area contributed by atoms with E-state index in [0.29, 0.717) is 36.7 Å². The summed E-state index contributed by atoms with van der Waals surface area (Å²) in [6.45, 7) is 4.99. The quantitative estimate of drug-likeness (QED) is 0.784. The number of methoxy groups -OCH3 is 1. The molecule has 0 aromatic heterocycles. The summed E-state index contributed by atoms with van der Waals surface area (Å²) in [5.41, 5.74) is -0.199. The van der Waals surface area contributed by atoms with Gasteiger partial charge >= 0.3 is 0 Å². The van der Waals surface area contributed by atoms with Crippen LogP contribution in [0.3, 0.4) is 0 Å². The molecular formula is C15H20O4. The molecule has 0 radical (unpaired) electrons. The number of carbonyl (C=O) groups is 1. The number of Topliss-reactive ketones (excluding diaryl/α,β-unsaturated/α-hetero) is 1. The standard InChI is InChI=1S/C15H20O4/c1-4-15(2,17-3)14(16)11-6-7-12-13(10-11)19-9-5-8-18-12/h6-7,10H,4-5,8-9H2,1-3H3. The lowest BCUT2D eigenvalue weighted by atomic mass is 9.92. The van der Waals surface area contributed by atoms with E-state index < -0.39 is 5.60 Å². The largest absolute Gasteiger partial charge is 0.490 e. The highest BCUT2D eigenvalue weighted by atomic mass is 16.5. The average molecular weight is 264 g/mol. The van der Waals surface area contributed by atoms with Crippen molar-refractivity contribution in [2.24, 2.45) is 0 Å². The van der Waals surface area contributed by atoms with Crippen LogP contribution in [0.15, 0.2) is 18.2 Å². The molecule has 1 aromatic carbocycles. The summed E-state index contributed by atoms with van der Waals surface area (Å²) in [4.78, 5) is 12.5. The third-order valence-corrected chi connectivity index (χ3v) is 3.62. The number of fused-ring (bicyclic) bond motifs is 1. The molecule has 1 heterocycles. The van der Waals surface area contributed by atoms with Crippen molar-refractivity contribution in [3.63, 3.8) is 0 Å². The van der Waals surface area contributed by atoms with E-state index >= 15 is 0 Å². The summed E-state index contributed by atoms with van der Waals surface area (Å²) < 4.78 is 16.5. The van der Waals surface area contributed by atoms with Crippen molar-refractivity contribution in [2.45, 2.75) is 32.3 Å². The lowest BCUT2D eigenvalue weighted by Gasteiger charge is -2.25. The third-order valence-electron chi connectivity index (χ3n) is 3.62. The molecule has 4 nitrogen and oxygen atoms in total. The molecule has 1 aromatic rings. The van der Waals surface area contributed by atoms with Gasteiger partial charge in [0.2, 0.25) is 0 Å². The Morgan fingerprint density at radius 2 is 2.00 bits per heavy atom. The Labute approximate surface area is 113 Å². The number of rotatable bonds is 4. The zero-order valence-corrected chi connectivity index (χ0v) is 11.7. The SMILES string of the molecule is CCC(C)(OC)C(=O)c1ccc2c(c1)OCCCO2. The maximum atomic E-state index is 12.5. The van der Waals surface area contributed by atoms with Crippen LogP contribution in [0.4, 0.5) is 0 Å². The van der Waals surface area contributed by atoms with E-state index in [1.165, 1.54) is 0 Å². The minimum Gasteiger partial charge on any atom is -0.490 e. The smallest absolute Gasteiger partial charge is 0.194 e. The summed E-state index contributed by atoms with van der Waals surface area (Å²) >= 11 is 0. The summed E-state index contributed by atoms with van der Waals surface area (Å²) in [5.74, 6) is 1.30. The summed E-state index contributed by atoms with van der Waals surface area (Å²) in [7, 11) is 1.56. The first-order chi connectivity index (χ1) is 9.10. The van der Waals surface area contributed by atoms with Gasteiger partial charge in [0.25, 0.3) is 0 Å². The van der Waals surface area contributed by atoms with Crippen molar-refractivity contribution >= 4 is 5.78 Å². The predicted octanol–water partition coefficient (Wildman–Crippen LogP) is 2.85. The molecule has 0 aliphatic carbocycles. The lowest BCUT2D eigenvalue weighted by Crippen LogP contribution is -2.36. The fourth-order valence-electron chi connectivity index (χ4n) is 2.01. The van der Waals surface area contributed by atoms with Gasteiger partial charge in [-0.15, -0.1) is 0 Å². The van der Waals surface area contributed by atoms with Gasteiger partial charge in [-0.25, -0.2) is 0 Å². The number of hydrogen-bond donors (Lipinski definition) is 0. The molecule has 0 fully saturated rings. The van der Waals surface area contributed by atoms with Crippen LogP contribution in [0.25, 0.3) is 0 Å². The van der Waals surface area contributed by atoms with Crippen LogP contribution in [-0.2, 0) is 4.74 Å². The highest BCUT2D eigenvalue weighted by molar-refractivity contribution is 6.02. The van der Waals surface area contributed by atoms with Crippen LogP contribution in [0.5, 0.6) is 11.5 Å². The molecule has 1 aliphatic heterocycles. The van der Waals surface area contributed by atoms with Gasteiger partial charge in [0, 0.05) is 19.1 Å². The van der Waals surface area contributed by atoms with Crippen LogP contribution < -0.4 is 9.47 Å². The predicted molar refractivity (Wildman–Crippen MR) is 72.1 cm³/mol. The molecule has 0 N–H and O–H groups in total. The molecule has 0 bridgehead atoms. The number of benzene rings is 1. The second-order valence-electron chi connectivity index (χ2n) is 4.83. The monoisotopic (exact) mass is 264 g/mol. The van der Waals surface area contributed by atoms with Crippen molar-refractivity contribution in [3.05, 3.63) is 23.8 Å². The van der Waals surface area contributed by atoms with E-state index in [-0.39, 0.29) is 5.78 Å². The van der Waals surface area contributed by atoms with Crippen molar-refractivity contribution < 1.29 is 19.0 Å². The first kappa shape index (κ1) is 13.9. The maximum Gasteiger partial charge on any atom is 0.194 e. The molecule has 4 heteroatoms. The van der Waals surface area contributed by atoms with E-state index in [9.17, 15) is 4.79 Å². The summed E-state index contributed by atoms with van der Waals surface area (Å²) in [6, 6.07) is 5.30. The van der Waals surface area contributed by atoms with Gasteiger partial charge in [0.15, 0.2) is 17.3 Å². The second-order valence-corrected chi connectivity index (χ2v) is 4.83. The Hall–Kier alpha value is -1.55. The van der Waals surface area contributed by atoms with E-state index in [1.54, 1.807) is 32.2 Å². The number of ether oxygens (including phenoxy) is 3. The van der Waals surface area contributed by atoms with Crippen molar-refractivity contribution in [1.29, 1.82) is 0 Å². The van der Waals surface area contributed by atoms with Gasteiger partial charge in [-0.05, 0) is 31.5 Å². The molecule has 1 unspecified atom stereocenters. The van der Waals surface area contributed by atoms with Crippen LogP contribution in [0.1, 0.15) is 37.0 Å². The average Bonchev–Trinajstić information content (AvgIpc) is 2.70. The normalized spacial score (nSPS) is 17.4. The molecule has 0 saturated carbocycles. The van der Waals surface area contributed by atoms with E-state index in [2.05, 4.69) is 0 Å². The molecule has 0 amide bonds. The zero-order valence-electron chi connectivity index (χ0n) is 11.7. The van der Waals surface area contributed by atoms with Crippen LogP contribution in [-0.4, -0.2) is 31.7 Å². The van der Waals surface area contributed by atoms with Gasteiger partial charge < -0.3 is 14.2 Å². The first-order valence-corrected chi connectivity index (χ1v) is 6.60. The minimum absolute atomic E-state index is 0.0341. The Balaban J connectivity index is 2.31. The Morgan fingerprint density at radius 3 is 2.63 bits per heavy atom. The Morgan fingerprint density at radius 1 is 1.32 bits per heavy atom. The topological polar surface area (TPSA) is 44.8 Å². The lowest BCUT2D eigenvalue weighted by molar-refractivity contribution is 0.0106. The van der Waals surface area contributed by atoms with Gasteiger partial charge in [-0.2, -0.15) is 0 Å². The Bertz CT molecular complexity index is 463. The molecule has 2 rings (SSSR count). The van der Waals surface area contributed by atoms with Crippen molar-refractivity contribution in [3.8, 4) is 11.5 Å². The van der Waals surface area contributed by atoms with Gasteiger partial charge in [-0.3, -0.25) is 4.79 Å². The molecule has 104 valence electrons. The Kier molecular flexibility index (Phi) is 4.10. The minimum atomic E-state index is -0.792. The highest BCUT2D eigenvalue weighted by Gasteiger charge is 2.32. The van der Waals surface area contributed by atoms with Crippen LogP contribution >= 0.6 is 0 Å². The fraction of sp³-hybridized carbons (Fsp3) is 0.533.